The first-order valence-electron chi connectivity index (χ1n) is 14.6. The predicted octanol–water partition coefficient (Wildman–Crippen LogP) is 2.67. The lowest BCUT2D eigenvalue weighted by molar-refractivity contribution is -0.144. The normalized spacial score (nSPS) is 22.6. The van der Waals surface area contributed by atoms with Crippen LogP contribution in [-0.4, -0.2) is 81.3 Å². The Kier molecular flexibility index (Phi) is 12.8. The van der Waals surface area contributed by atoms with Crippen LogP contribution in [0.25, 0.3) is 0 Å². The number of ketones is 1. The van der Waals surface area contributed by atoms with E-state index in [1.54, 1.807) is 13.8 Å². The number of ether oxygens (including phenoxy) is 1. The molecule has 1 unspecified atom stereocenters. The third-order valence-electron chi connectivity index (χ3n) is 7.42. The summed E-state index contributed by atoms with van der Waals surface area (Å²) in [4.78, 5) is 67.6. The molecule has 1 aromatic rings. The Hall–Kier alpha value is -2.99. The first kappa shape index (κ1) is 33.5. The molecule has 0 spiro atoms. The number of fused-ring (bicyclic) bond motifs is 1. The molecule has 230 valence electrons. The highest BCUT2D eigenvalue weighted by Gasteiger charge is 2.42. The van der Waals surface area contributed by atoms with Crippen LogP contribution in [0.2, 0.25) is 0 Å². The van der Waals surface area contributed by atoms with Gasteiger partial charge in [-0.1, -0.05) is 54.9 Å². The van der Waals surface area contributed by atoms with Gasteiger partial charge in [-0.25, -0.2) is 0 Å². The average Bonchev–Trinajstić information content (AvgIpc) is 3.44. The fourth-order valence-electron chi connectivity index (χ4n) is 5.10. The van der Waals surface area contributed by atoms with Crippen molar-refractivity contribution in [2.45, 2.75) is 95.8 Å². The number of amides is 4. The maximum Gasteiger partial charge on any atom is 0.246 e. The highest BCUT2D eigenvalue weighted by atomic mass is 32.2. The molecule has 0 saturated carbocycles. The Labute approximate surface area is 257 Å². The van der Waals surface area contributed by atoms with Gasteiger partial charge in [0.25, 0.3) is 0 Å². The lowest BCUT2D eigenvalue weighted by Gasteiger charge is -2.34. The van der Waals surface area contributed by atoms with Crippen LogP contribution in [0.3, 0.4) is 0 Å². The number of carbonyl (C=O) groups is 5. The maximum atomic E-state index is 13.7. The highest BCUT2D eigenvalue weighted by molar-refractivity contribution is 8.23. The maximum absolute atomic E-state index is 13.7. The van der Waals surface area contributed by atoms with Gasteiger partial charge in [0, 0.05) is 19.4 Å². The Balaban J connectivity index is 1.66. The molecule has 0 radical (unpaired) electrons. The van der Waals surface area contributed by atoms with Crippen LogP contribution in [0.1, 0.15) is 71.3 Å². The van der Waals surface area contributed by atoms with Crippen molar-refractivity contribution < 1.29 is 28.7 Å². The third-order valence-corrected chi connectivity index (χ3v) is 8.71. The van der Waals surface area contributed by atoms with Crippen molar-refractivity contribution in [3.8, 4) is 0 Å². The zero-order valence-electron chi connectivity index (χ0n) is 24.6. The monoisotopic (exact) mass is 618 g/mol. The second-order valence-electron chi connectivity index (χ2n) is 11.2. The van der Waals surface area contributed by atoms with Crippen molar-refractivity contribution >= 4 is 57.8 Å². The number of nitrogens with zero attached hydrogens (tertiary/aromatic N) is 1. The van der Waals surface area contributed by atoms with Gasteiger partial charge in [0.05, 0.1) is 12.4 Å². The molecule has 3 atom stereocenters. The minimum absolute atomic E-state index is 0.0726. The van der Waals surface area contributed by atoms with Crippen molar-refractivity contribution in [2.75, 3.05) is 18.9 Å². The summed E-state index contributed by atoms with van der Waals surface area (Å²) >= 11 is 6.25. The number of rotatable bonds is 11. The smallest absolute Gasteiger partial charge is 0.246 e. The first-order valence-corrected chi connectivity index (χ1v) is 16.0. The van der Waals surface area contributed by atoms with E-state index in [4.69, 9.17) is 17.0 Å². The second kappa shape index (κ2) is 16.0. The molecule has 0 aliphatic carbocycles. The van der Waals surface area contributed by atoms with Crippen LogP contribution in [0, 0.1) is 0 Å². The van der Waals surface area contributed by atoms with E-state index < -0.39 is 35.5 Å². The average molecular weight is 619 g/mol. The number of Topliss-reactive ketones (excluding diaryl/α,β-unsaturated/α-hetero) is 1. The molecule has 3 rings (SSSR count). The van der Waals surface area contributed by atoms with Gasteiger partial charge >= 0.3 is 0 Å². The minimum Gasteiger partial charge on any atom is -0.479 e. The van der Waals surface area contributed by atoms with Crippen molar-refractivity contribution in [3.63, 3.8) is 0 Å². The van der Waals surface area contributed by atoms with Crippen LogP contribution in [0.15, 0.2) is 30.3 Å². The number of nitrogens with one attached hydrogen (secondary N) is 3. The van der Waals surface area contributed by atoms with Crippen LogP contribution in [0.5, 0.6) is 0 Å². The van der Waals surface area contributed by atoms with Crippen LogP contribution >= 0.6 is 24.0 Å². The van der Waals surface area contributed by atoms with Gasteiger partial charge < -0.3 is 25.6 Å². The molecular weight excluding hydrogens is 576 g/mol. The lowest BCUT2D eigenvalue weighted by Crippen LogP contribution is -2.64. The van der Waals surface area contributed by atoms with E-state index in [0.29, 0.717) is 62.5 Å². The van der Waals surface area contributed by atoms with Crippen molar-refractivity contribution in [2.24, 2.45) is 0 Å². The highest BCUT2D eigenvalue weighted by Crippen LogP contribution is 2.22. The summed E-state index contributed by atoms with van der Waals surface area (Å²) in [5.74, 6) is -1.29. The zero-order chi connectivity index (χ0) is 30.7. The summed E-state index contributed by atoms with van der Waals surface area (Å²) in [6.45, 7) is 5.86. The van der Waals surface area contributed by atoms with E-state index in [1.165, 1.54) is 16.7 Å². The molecule has 2 aliphatic rings. The van der Waals surface area contributed by atoms with E-state index in [2.05, 4.69) is 16.0 Å². The Morgan fingerprint density at radius 3 is 2.50 bits per heavy atom. The first-order chi connectivity index (χ1) is 20.0. The summed E-state index contributed by atoms with van der Waals surface area (Å²) in [6.07, 6.45) is 4.05. The topological polar surface area (TPSA) is 134 Å². The Morgan fingerprint density at radius 1 is 1.05 bits per heavy atom. The molecule has 12 heteroatoms. The molecule has 42 heavy (non-hydrogen) atoms. The number of carbonyl (C=O) groups excluding carboxylic acids is 5. The number of hydrogen-bond acceptors (Lipinski definition) is 8. The van der Waals surface area contributed by atoms with E-state index in [-0.39, 0.29) is 29.8 Å². The fraction of sp³-hybridized carbons (Fsp3) is 0.600. The SMILES string of the molecule is CCOC(=S)SCC(=O)CCCCC[C@@H]1NC(=O)C2CCCN2C(=O)[C@H](Cc2ccccc2)NC(=O)C(C)(C)NC1=O. The van der Waals surface area contributed by atoms with Crippen molar-refractivity contribution in [1.29, 1.82) is 0 Å². The van der Waals surface area contributed by atoms with Crippen LogP contribution in [-0.2, 0) is 35.1 Å². The molecule has 0 aromatic heterocycles. The molecule has 2 aliphatic heterocycles. The molecule has 3 N–H and O–H groups in total. The second-order valence-corrected chi connectivity index (χ2v) is 12.8. The summed E-state index contributed by atoms with van der Waals surface area (Å²) in [5.41, 5.74) is -0.454. The molecular formula is C30H42N4O6S2. The minimum atomic E-state index is -1.33. The molecule has 10 nitrogen and oxygen atoms in total. The van der Waals surface area contributed by atoms with Crippen LogP contribution < -0.4 is 16.0 Å². The summed E-state index contributed by atoms with van der Waals surface area (Å²) in [7, 11) is 0. The largest absolute Gasteiger partial charge is 0.479 e. The third kappa shape index (κ3) is 9.79. The molecule has 2 fully saturated rings. The van der Waals surface area contributed by atoms with Gasteiger partial charge in [0.1, 0.15) is 29.4 Å². The zero-order valence-corrected chi connectivity index (χ0v) is 26.2. The van der Waals surface area contributed by atoms with E-state index in [0.717, 1.165) is 5.56 Å². The Bertz CT molecular complexity index is 1150. The van der Waals surface area contributed by atoms with E-state index >= 15 is 0 Å². The molecule has 2 heterocycles. The van der Waals surface area contributed by atoms with Gasteiger partial charge in [0.2, 0.25) is 28.0 Å². The standard InChI is InChI=1S/C30H42N4O6S2/c1-4-40-29(41)42-19-21(35)14-9-6-10-15-22-25(36)33-30(2,3)28(39)32-23(18-20-12-7-5-8-13-20)27(38)34-17-11-16-24(34)26(37)31-22/h5,7-8,12-13,22-24H,4,6,9-11,14-19H2,1-3H3,(H,31,37)(H,32,39)(H,33,36)/t22-,23-,24?/m0/s1. The number of thioether (sulfide) groups is 1. The summed E-state index contributed by atoms with van der Waals surface area (Å²) < 4.78 is 5.54. The number of unbranched alkanes of at least 4 members (excludes halogenated alkanes) is 2. The van der Waals surface area contributed by atoms with E-state index in [9.17, 15) is 24.0 Å². The quantitative estimate of drug-likeness (QED) is 0.255. The van der Waals surface area contributed by atoms with Crippen molar-refractivity contribution in [1.82, 2.24) is 20.9 Å². The summed E-state index contributed by atoms with van der Waals surface area (Å²) in [5, 5.41) is 8.50. The van der Waals surface area contributed by atoms with E-state index in [1.807, 2.05) is 37.3 Å². The van der Waals surface area contributed by atoms with Gasteiger partial charge in [-0.3, -0.25) is 24.0 Å². The van der Waals surface area contributed by atoms with Gasteiger partial charge in [-0.15, -0.1) is 0 Å². The predicted molar refractivity (Wildman–Crippen MR) is 166 cm³/mol. The lowest BCUT2D eigenvalue weighted by atomic mass is 9.98. The van der Waals surface area contributed by atoms with Gasteiger partial charge in [0.15, 0.2) is 0 Å². The van der Waals surface area contributed by atoms with Gasteiger partial charge in [-0.05, 0) is 64.2 Å². The molecule has 0 bridgehead atoms. The summed E-state index contributed by atoms with van der Waals surface area (Å²) in [6, 6.07) is 6.90. The fourth-order valence-corrected chi connectivity index (χ4v) is 6.02. The van der Waals surface area contributed by atoms with Gasteiger partial charge in [-0.2, -0.15) is 0 Å². The molecule has 1 aromatic carbocycles. The number of hydrogen-bond donors (Lipinski definition) is 3. The van der Waals surface area contributed by atoms with Crippen LogP contribution in [0.4, 0.5) is 0 Å². The van der Waals surface area contributed by atoms with Crippen molar-refractivity contribution in [3.05, 3.63) is 35.9 Å². The number of benzene rings is 1. The molecule has 2 saturated heterocycles. The Morgan fingerprint density at radius 2 is 1.79 bits per heavy atom. The number of thiocarbonyl (C=S) groups is 1. The molecule has 4 amide bonds.